The number of fused-ring (bicyclic) bond motifs is 1. The smallest absolute Gasteiger partial charge is 0.200 e. The highest BCUT2D eigenvalue weighted by Crippen LogP contribution is 2.41. The lowest BCUT2D eigenvalue weighted by atomic mass is 9.96. The van der Waals surface area contributed by atoms with Crippen LogP contribution in [0.3, 0.4) is 0 Å². The molecule has 0 aromatic heterocycles. The van der Waals surface area contributed by atoms with Gasteiger partial charge in [0.05, 0.1) is 0 Å². The summed E-state index contributed by atoms with van der Waals surface area (Å²) in [5, 5.41) is -0.639. The second kappa shape index (κ2) is 4.46. The molecule has 1 heterocycles. The van der Waals surface area contributed by atoms with E-state index < -0.39 is 11.5 Å². The largest absolute Gasteiger partial charge is 0.477 e. The van der Waals surface area contributed by atoms with Gasteiger partial charge in [-0.05, 0) is 11.6 Å². The van der Waals surface area contributed by atoms with Gasteiger partial charge in [-0.15, -0.1) is 11.6 Å². The highest BCUT2D eigenvalue weighted by molar-refractivity contribution is 6.32. The number of ketones is 1. The van der Waals surface area contributed by atoms with Gasteiger partial charge in [-0.25, -0.2) is 0 Å². The van der Waals surface area contributed by atoms with Crippen molar-refractivity contribution in [2.24, 2.45) is 0 Å². The molecule has 0 amide bonds. The first-order valence-corrected chi connectivity index (χ1v) is 6.19. The Kier molecular flexibility index (Phi) is 2.80. The molecule has 3 rings (SSSR count). The number of alkyl halides is 1. The van der Waals surface area contributed by atoms with E-state index in [2.05, 4.69) is 0 Å². The molecule has 0 fully saturated rings. The third-order valence-electron chi connectivity index (χ3n) is 3.05. The Balaban J connectivity index is 2.04. The highest BCUT2D eigenvalue weighted by Gasteiger charge is 2.36. The molecule has 2 aromatic rings. The number of hydrogen-bond acceptors (Lipinski definition) is 2. The Morgan fingerprint density at radius 2 is 1.61 bits per heavy atom. The lowest BCUT2D eigenvalue weighted by molar-refractivity contribution is -0.127. The number of carbonyl (C=O) groups is 1. The average molecular weight is 259 g/mol. The molecule has 2 aromatic carbocycles. The fourth-order valence-electron chi connectivity index (χ4n) is 2.13. The lowest BCUT2D eigenvalue weighted by Crippen LogP contribution is -2.27. The van der Waals surface area contributed by atoms with E-state index in [9.17, 15) is 4.79 Å². The zero-order valence-electron chi connectivity index (χ0n) is 9.55. The van der Waals surface area contributed by atoms with Crippen molar-refractivity contribution in [3.05, 3.63) is 65.7 Å². The van der Waals surface area contributed by atoms with Gasteiger partial charge in [-0.1, -0.05) is 48.5 Å². The quantitative estimate of drug-likeness (QED) is 0.730. The van der Waals surface area contributed by atoms with E-state index in [1.165, 1.54) is 0 Å². The minimum absolute atomic E-state index is 0.110. The molecule has 0 bridgehead atoms. The van der Waals surface area contributed by atoms with Gasteiger partial charge < -0.3 is 4.74 Å². The van der Waals surface area contributed by atoms with E-state index in [-0.39, 0.29) is 5.78 Å². The van der Waals surface area contributed by atoms with Gasteiger partial charge in [-0.2, -0.15) is 0 Å². The Morgan fingerprint density at radius 1 is 0.944 bits per heavy atom. The Morgan fingerprint density at radius 3 is 2.39 bits per heavy atom. The molecule has 0 N–H and O–H groups in total. The summed E-state index contributed by atoms with van der Waals surface area (Å²) in [4.78, 5) is 12.2. The summed E-state index contributed by atoms with van der Waals surface area (Å²) in [6, 6.07) is 16.8. The van der Waals surface area contributed by atoms with Gasteiger partial charge in [0.15, 0.2) is 11.9 Å². The van der Waals surface area contributed by atoms with Crippen molar-refractivity contribution in [1.29, 1.82) is 0 Å². The summed E-state index contributed by atoms with van der Waals surface area (Å²) in [5.41, 5.74) is 1.58. The van der Waals surface area contributed by atoms with Crippen LogP contribution >= 0.6 is 11.6 Å². The molecule has 2 atom stereocenters. The van der Waals surface area contributed by atoms with Gasteiger partial charge in [0.25, 0.3) is 0 Å². The average Bonchev–Trinajstić information content (AvgIpc) is 2.44. The van der Waals surface area contributed by atoms with Gasteiger partial charge in [0, 0.05) is 5.56 Å². The first-order valence-electron chi connectivity index (χ1n) is 5.75. The van der Waals surface area contributed by atoms with Crippen LogP contribution in [0.15, 0.2) is 54.6 Å². The van der Waals surface area contributed by atoms with Crippen LogP contribution in [0, 0.1) is 0 Å². The molecular formula is C15H11ClO2. The molecule has 1 aliphatic rings. The number of Topliss-reactive ketones (excluding diaryl/α,β-unsaturated/α-hetero) is 1. The number of halogens is 1. The molecule has 3 heteroatoms. The summed E-state index contributed by atoms with van der Waals surface area (Å²) in [6.45, 7) is 0. The molecule has 18 heavy (non-hydrogen) atoms. The summed E-state index contributed by atoms with van der Waals surface area (Å²) >= 11 is 6.21. The lowest BCUT2D eigenvalue weighted by Gasteiger charge is -2.28. The molecule has 0 spiro atoms. The third-order valence-corrected chi connectivity index (χ3v) is 3.50. The zero-order chi connectivity index (χ0) is 12.5. The van der Waals surface area contributed by atoms with Crippen molar-refractivity contribution in [2.75, 3.05) is 0 Å². The van der Waals surface area contributed by atoms with E-state index >= 15 is 0 Å². The second-order valence-corrected chi connectivity index (χ2v) is 4.65. The topological polar surface area (TPSA) is 26.3 Å². The van der Waals surface area contributed by atoms with Crippen molar-refractivity contribution < 1.29 is 9.53 Å². The molecule has 1 aliphatic heterocycles. The SMILES string of the molecule is O=C1C(Cl)c2ccccc2OC1c1ccccc1. The van der Waals surface area contributed by atoms with Crippen LogP contribution in [0.5, 0.6) is 5.75 Å². The summed E-state index contributed by atoms with van der Waals surface area (Å²) in [7, 11) is 0. The van der Waals surface area contributed by atoms with E-state index in [0.29, 0.717) is 5.75 Å². The predicted molar refractivity (Wildman–Crippen MR) is 69.9 cm³/mol. The fraction of sp³-hybridized carbons (Fsp3) is 0.133. The van der Waals surface area contributed by atoms with E-state index in [1.54, 1.807) is 0 Å². The maximum absolute atomic E-state index is 12.2. The number of rotatable bonds is 1. The summed E-state index contributed by atoms with van der Waals surface area (Å²) in [5.74, 6) is 0.576. The number of carbonyl (C=O) groups excluding carboxylic acids is 1. The van der Waals surface area contributed by atoms with Crippen LogP contribution in [-0.4, -0.2) is 5.78 Å². The van der Waals surface area contributed by atoms with Crippen molar-refractivity contribution in [1.82, 2.24) is 0 Å². The van der Waals surface area contributed by atoms with Gasteiger partial charge in [-0.3, -0.25) is 4.79 Å². The fourth-order valence-corrected chi connectivity index (χ4v) is 2.42. The van der Waals surface area contributed by atoms with E-state index in [0.717, 1.165) is 11.1 Å². The molecule has 0 radical (unpaired) electrons. The monoisotopic (exact) mass is 258 g/mol. The first kappa shape index (κ1) is 11.3. The molecule has 90 valence electrons. The summed E-state index contributed by atoms with van der Waals surface area (Å²) < 4.78 is 5.77. The molecule has 0 saturated heterocycles. The van der Waals surface area contributed by atoms with Crippen LogP contribution in [0.1, 0.15) is 22.6 Å². The molecule has 0 saturated carbocycles. The van der Waals surface area contributed by atoms with E-state index in [4.69, 9.17) is 16.3 Å². The molecule has 2 unspecified atom stereocenters. The van der Waals surface area contributed by atoms with E-state index in [1.807, 2.05) is 54.6 Å². The van der Waals surface area contributed by atoms with Gasteiger partial charge >= 0.3 is 0 Å². The highest BCUT2D eigenvalue weighted by atomic mass is 35.5. The van der Waals surface area contributed by atoms with Crippen molar-refractivity contribution in [2.45, 2.75) is 11.5 Å². The Hall–Kier alpha value is -1.80. The zero-order valence-corrected chi connectivity index (χ0v) is 10.3. The maximum atomic E-state index is 12.2. The Bertz CT molecular complexity index is 580. The maximum Gasteiger partial charge on any atom is 0.200 e. The molecular weight excluding hydrogens is 248 g/mol. The van der Waals surface area contributed by atoms with Gasteiger partial charge in [0.1, 0.15) is 11.1 Å². The number of benzene rings is 2. The molecule has 2 nitrogen and oxygen atoms in total. The second-order valence-electron chi connectivity index (χ2n) is 4.21. The van der Waals surface area contributed by atoms with Crippen molar-refractivity contribution >= 4 is 17.4 Å². The number of para-hydroxylation sites is 1. The predicted octanol–water partition coefficient (Wildman–Crippen LogP) is 3.67. The first-order chi connectivity index (χ1) is 8.77. The number of hydrogen-bond donors (Lipinski definition) is 0. The van der Waals surface area contributed by atoms with Crippen LogP contribution < -0.4 is 4.74 Å². The van der Waals surface area contributed by atoms with Crippen LogP contribution in [0.4, 0.5) is 0 Å². The van der Waals surface area contributed by atoms with Crippen molar-refractivity contribution in [3.63, 3.8) is 0 Å². The number of ether oxygens (including phenoxy) is 1. The third kappa shape index (κ3) is 1.79. The van der Waals surface area contributed by atoms with Gasteiger partial charge in [0.2, 0.25) is 0 Å². The minimum Gasteiger partial charge on any atom is -0.477 e. The minimum atomic E-state index is -0.639. The standard InChI is InChI=1S/C15H11ClO2/c16-13-11-8-4-5-9-12(11)18-15(14(13)17)10-6-2-1-3-7-10/h1-9,13,15H. The Labute approximate surface area is 110 Å². The molecule has 0 aliphatic carbocycles. The van der Waals surface area contributed by atoms with Crippen LogP contribution in [0.25, 0.3) is 0 Å². The summed E-state index contributed by atoms with van der Waals surface area (Å²) in [6.07, 6.45) is -0.608. The van der Waals surface area contributed by atoms with Crippen molar-refractivity contribution in [3.8, 4) is 5.75 Å². The normalized spacial score (nSPS) is 22.2. The van der Waals surface area contributed by atoms with Crippen LogP contribution in [0.2, 0.25) is 0 Å². The van der Waals surface area contributed by atoms with Crippen LogP contribution in [-0.2, 0) is 4.79 Å².